The van der Waals surface area contributed by atoms with Crippen LogP contribution in [0, 0.1) is 0 Å². The van der Waals surface area contributed by atoms with Gasteiger partial charge in [-0.25, -0.2) is 9.97 Å². The largest absolute Gasteiger partial charge is 0.357 e. The van der Waals surface area contributed by atoms with Gasteiger partial charge in [0.2, 0.25) is 0 Å². The molecule has 0 fully saturated rings. The van der Waals surface area contributed by atoms with E-state index >= 15 is 0 Å². The van der Waals surface area contributed by atoms with Crippen molar-refractivity contribution >= 4 is 0 Å². The van der Waals surface area contributed by atoms with Crippen LogP contribution in [0.15, 0.2) is 24.7 Å². The van der Waals surface area contributed by atoms with Crippen LogP contribution in [-0.2, 0) is 0 Å². The monoisotopic (exact) mass is 133 g/mol. The van der Waals surface area contributed by atoms with Crippen LogP contribution >= 0.6 is 0 Å². The number of nitrogens with one attached hydrogen (secondary N) is 1. The molecule has 49 valence electrons. The maximum absolute atomic E-state index is 4.00. The molecule has 2 heterocycles. The molecule has 0 aromatic heterocycles. The number of aromatic amines is 1. The minimum atomic E-state index is 0. The van der Waals surface area contributed by atoms with Crippen molar-refractivity contribution in [1.82, 2.24) is 21.1 Å². The molecule has 0 unspecified atom stereocenters. The molecule has 10 heavy (non-hydrogen) atoms. The van der Waals surface area contributed by atoms with Crippen LogP contribution in [0.2, 0.25) is 0 Å². The van der Waals surface area contributed by atoms with E-state index in [1.807, 2.05) is 6.07 Å². The number of nitrogens with zero attached hydrogens (tertiary/aromatic N) is 3. The molecule has 0 aromatic rings. The Labute approximate surface area is 58.3 Å². The Morgan fingerprint density at radius 2 is 2.00 bits per heavy atom. The molecule has 0 amide bonds. The average Bonchev–Trinajstić information content (AvgIpc) is 2.33. The molecule has 4 nitrogen and oxygen atoms in total. The van der Waals surface area contributed by atoms with E-state index in [4.69, 9.17) is 0 Å². The lowest BCUT2D eigenvalue weighted by molar-refractivity contribution is 1.16. The Kier molecular flexibility index (Phi) is 1.64. The SMILES string of the molecule is [N].c1c[nH]c2ccnc-2n1. The maximum Gasteiger partial charge on any atom is 0.175 e. The normalized spacial score (nSPS) is 9.20. The molecule has 2 aliphatic heterocycles. The lowest BCUT2D eigenvalue weighted by Crippen LogP contribution is -1.83. The predicted molar refractivity (Wildman–Crippen MR) is 35.1 cm³/mol. The van der Waals surface area contributed by atoms with Gasteiger partial charge in [-0.2, -0.15) is 0 Å². The van der Waals surface area contributed by atoms with Crippen LogP contribution in [0.5, 0.6) is 0 Å². The zero-order chi connectivity index (χ0) is 6.10. The minimum absolute atomic E-state index is 0. The van der Waals surface area contributed by atoms with Crippen molar-refractivity contribution in [3.63, 3.8) is 0 Å². The molecule has 0 aromatic carbocycles. The van der Waals surface area contributed by atoms with Gasteiger partial charge in [0.05, 0.1) is 5.69 Å². The molecule has 0 saturated carbocycles. The van der Waals surface area contributed by atoms with Crippen molar-refractivity contribution in [1.29, 1.82) is 0 Å². The van der Waals surface area contributed by atoms with Crippen LogP contribution in [0.25, 0.3) is 11.5 Å². The standard InChI is InChI=1S/C6H5N3.N/c1-2-8-6-5(1)7-3-4-9-6;/h1-4,7H;. The Hall–Kier alpha value is -1.42. The summed E-state index contributed by atoms with van der Waals surface area (Å²) in [5.41, 5.74) is 0.984. The van der Waals surface area contributed by atoms with Gasteiger partial charge in [-0.05, 0) is 6.07 Å². The first-order valence-electron chi connectivity index (χ1n) is 2.71. The summed E-state index contributed by atoms with van der Waals surface area (Å²) in [5, 5.41) is 0. The first kappa shape index (κ1) is 6.70. The van der Waals surface area contributed by atoms with Crippen LogP contribution in [0.4, 0.5) is 0 Å². The highest BCUT2D eigenvalue weighted by atomic mass is 14.9. The number of aromatic nitrogens is 3. The van der Waals surface area contributed by atoms with Gasteiger partial charge in [-0.15, -0.1) is 0 Å². The second-order valence-electron chi connectivity index (χ2n) is 1.77. The van der Waals surface area contributed by atoms with Gasteiger partial charge < -0.3 is 4.98 Å². The summed E-state index contributed by atoms with van der Waals surface area (Å²) in [4.78, 5) is 11.0. The van der Waals surface area contributed by atoms with Crippen LogP contribution in [-0.4, -0.2) is 15.0 Å². The summed E-state index contributed by atoms with van der Waals surface area (Å²) in [6, 6.07) is 1.89. The molecule has 0 atom stereocenters. The van der Waals surface area contributed by atoms with E-state index in [2.05, 4.69) is 15.0 Å². The summed E-state index contributed by atoms with van der Waals surface area (Å²) in [7, 11) is 0. The number of fused-ring (bicyclic) bond motifs is 1. The second kappa shape index (κ2) is 2.45. The van der Waals surface area contributed by atoms with Crippen molar-refractivity contribution in [2.75, 3.05) is 0 Å². The van der Waals surface area contributed by atoms with Crippen molar-refractivity contribution in [3.05, 3.63) is 24.7 Å². The molecule has 0 aliphatic carbocycles. The van der Waals surface area contributed by atoms with E-state index < -0.39 is 0 Å². The third kappa shape index (κ3) is 0.844. The highest BCUT2D eigenvalue weighted by Crippen LogP contribution is 2.10. The number of hydrogen-bond donors (Lipinski definition) is 1. The van der Waals surface area contributed by atoms with Gasteiger partial charge in [0.25, 0.3) is 0 Å². The lowest BCUT2D eigenvalue weighted by atomic mass is 10.4. The zero-order valence-electron chi connectivity index (χ0n) is 5.15. The van der Waals surface area contributed by atoms with Gasteiger partial charge >= 0.3 is 0 Å². The molecule has 3 radical (unpaired) electrons. The quantitative estimate of drug-likeness (QED) is 0.566. The fraction of sp³-hybridized carbons (Fsp3) is 0. The summed E-state index contributed by atoms with van der Waals surface area (Å²) < 4.78 is 0. The van der Waals surface area contributed by atoms with E-state index in [9.17, 15) is 0 Å². The van der Waals surface area contributed by atoms with E-state index in [-0.39, 0.29) is 6.15 Å². The number of H-pyrrole nitrogens is 1. The molecule has 2 rings (SSSR count). The Morgan fingerprint density at radius 3 is 2.80 bits per heavy atom. The van der Waals surface area contributed by atoms with Crippen LogP contribution in [0.1, 0.15) is 0 Å². The third-order valence-electron chi connectivity index (χ3n) is 1.19. The van der Waals surface area contributed by atoms with Gasteiger partial charge in [-0.3, -0.25) is 0 Å². The number of rotatable bonds is 0. The van der Waals surface area contributed by atoms with Gasteiger partial charge in [0.1, 0.15) is 0 Å². The smallest absolute Gasteiger partial charge is 0.175 e. The number of hydrogen-bond acceptors (Lipinski definition) is 2. The summed E-state index contributed by atoms with van der Waals surface area (Å²) >= 11 is 0. The van der Waals surface area contributed by atoms with Gasteiger partial charge in [0, 0.05) is 24.7 Å². The lowest BCUT2D eigenvalue weighted by Gasteiger charge is -1.90. The molecule has 1 N–H and O–H groups in total. The van der Waals surface area contributed by atoms with E-state index in [1.165, 1.54) is 0 Å². The van der Waals surface area contributed by atoms with Crippen LogP contribution in [0.3, 0.4) is 0 Å². The third-order valence-corrected chi connectivity index (χ3v) is 1.19. The second-order valence-corrected chi connectivity index (χ2v) is 1.77. The average molecular weight is 133 g/mol. The van der Waals surface area contributed by atoms with Crippen molar-refractivity contribution < 1.29 is 0 Å². The fourth-order valence-corrected chi connectivity index (χ4v) is 0.777. The fourth-order valence-electron chi connectivity index (χ4n) is 0.777. The Balaban J connectivity index is 0.000000500. The highest BCUT2D eigenvalue weighted by molar-refractivity contribution is 5.49. The molecule has 0 spiro atoms. The Morgan fingerprint density at radius 1 is 1.20 bits per heavy atom. The molecule has 4 heteroatoms. The molecule has 2 aliphatic rings. The first-order valence-corrected chi connectivity index (χ1v) is 2.71. The van der Waals surface area contributed by atoms with Gasteiger partial charge in [-0.1, -0.05) is 0 Å². The topological polar surface area (TPSA) is 72.1 Å². The van der Waals surface area contributed by atoms with E-state index in [0.717, 1.165) is 11.5 Å². The maximum atomic E-state index is 4.00. The van der Waals surface area contributed by atoms with Crippen molar-refractivity contribution in [2.24, 2.45) is 0 Å². The highest BCUT2D eigenvalue weighted by Gasteiger charge is 1.99. The van der Waals surface area contributed by atoms with Crippen molar-refractivity contribution in [2.45, 2.75) is 0 Å². The van der Waals surface area contributed by atoms with Crippen LogP contribution < -0.4 is 6.15 Å². The molecule has 0 saturated heterocycles. The molecular formula is C6H5N4. The summed E-state index contributed by atoms with van der Waals surface area (Å²) in [6.45, 7) is 0. The summed E-state index contributed by atoms with van der Waals surface area (Å²) in [6.07, 6.45) is 5.20. The van der Waals surface area contributed by atoms with E-state index in [0.29, 0.717) is 0 Å². The van der Waals surface area contributed by atoms with Crippen molar-refractivity contribution in [3.8, 4) is 11.5 Å². The predicted octanol–water partition coefficient (Wildman–Crippen LogP) is 0.429. The van der Waals surface area contributed by atoms with E-state index in [1.54, 1.807) is 18.6 Å². The zero-order valence-corrected chi connectivity index (χ0v) is 5.15. The molecule has 0 bridgehead atoms. The summed E-state index contributed by atoms with van der Waals surface area (Å²) in [5.74, 6) is 0.775. The molecular weight excluding hydrogens is 128 g/mol. The van der Waals surface area contributed by atoms with Gasteiger partial charge in [0.15, 0.2) is 5.82 Å². The first-order chi connectivity index (χ1) is 4.47. The Bertz CT molecular complexity index is 250. The minimum Gasteiger partial charge on any atom is -0.357 e.